The minimum absolute atomic E-state index is 0.462. The molecule has 3 heteroatoms. The predicted octanol–water partition coefficient (Wildman–Crippen LogP) is 5.20. The van der Waals surface area contributed by atoms with E-state index in [4.69, 9.17) is 11.6 Å². The van der Waals surface area contributed by atoms with E-state index in [1.807, 2.05) is 18.2 Å². The smallest absolute Gasteiger partial charge is 0.0841 e. The molecule has 0 fully saturated rings. The van der Waals surface area contributed by atoms with E-state index in [0.717, 1.165) is 21.0 Å². The van der Waals surface area contributed by atoms with E-state index in [1.165, 1.54) is 10.5 Å². The molecule has 0 saturated heterocycles. The second kappa shape index (κ2) is 5.44. The number of aliphatic hydroxyl groups is 1. The van der Waals surface area contributed by atoms with Crippen molar-refractivity contribution < 1.29 is 5.11 Å². The Hall–Kier alpha value is -0.960. The molecule has 3 rings (SSSR count). The third-order valence-corrected chi connectivity index (χ3v) is 5.16. The lowest BCUT2D eigenvalue weighted by Gasteiger charge is -2.14. The van der Waals surface area contributed by atoms with Gasteiger partial charge in [0.2, 0.25) is 0 Å². The Morgan fingerprint density at radius 1 is 1.15 bits per heavy atom. The van der Waals surface area contributed by atoms with Crippen LogP contribution in [0, 0.1) is 0 Å². The van der Waals surface area contributed by atoms with E-state index in [2.05, 4.69) is 32.0 Å². The highest BCUT2D eigenvalue weighted by Gasteiger charge is 2.21. The molecule has 0 unspecified atom stereocenters. The molecule has 1 aliphatic rings. The summed E-state index contributed by atoms with van der Waals surface area (Å²) in [6, 6.07) is 12.3. The fourth-order valence-corrected chi connectivity index (χ4v) is 3.81. The Labute approximate surface area is 129 Å². The van der Waals surface area contributed by atoms with Crippen LogP contribution in [0.25, 0.3) is 0 Å². The number of benzene rings is 2. The second-order valence-electron chi connectivity index (χ2n) is 5.53. The molecule has 1 atom stereocenters. The van der Waals surface area contributed by atoms with Crippen molar-refractivity contribution in [1.29, 1.82) is 0 Å². The molecule has 0 bridgehead atoms. The van der Waals surface area contributed by atoms with Gasteiger partial charge in [0.25, 0.3) is 0 Å². The summed E-state index contributed by atoms with van der Waals surface area (Å²) < 4.78 is 0. The minimum Gasteiger partial charge on any atom is -0.388 e. The van der Waals surface area contributed by atoms with E-state index in [0.29, 0.717) is 12.3 Å². The molecule has 104 valence electrons. The van der Waals surface area contributed by atoms with Gasteiger partial charge in [0.05, 0.1) is 6.10 Å². The molecular formula is C17H17ClOS. The first kappa shape index (κ1) is 14.0. The summed E-state index contributed by atoms with van der Waals surface area (Å²) in [5.74, 6) is 0.470. The average molecular weight is 305 g/mol. The van der Waals surface area contributed by atoms with E-state index in [9.17, 15) is 5.11 Å². The predicted molar refractivity (Wildman–Crippen MR) is 84.8 cm³/mol. The topological polar surface area (TPSA) is 20.2 Å². The van der Waals surface area contributed by atoms with Gasteiger partial charge in [0.1, 0.15) is 0 Å². The van der Waals surface area contributed by atoms with Gasteiger partial charge in [-0.15, -0.1) is 0 Å². The van der Waals surface area contributed by atoms with Crippen molar-refractivity contribution in [3.63, 3.8) is 0 Å². The van der Waals surface area contributed by atoms with Crippen molar-refractivity contribution in [2.24, 2.45) is 0 Å². The van der Waals surface area contributed by atoms with Gasteiger partial charge in [-0.05, 0) is 46.9 Å². The summed E-state index contributed by atoms with van der Waals surface area (Å²) in [5, 5.41) is 11.3. The summed E-state index contributed by atoms with van der Waals surface area (Å²) in [6.45, 7) is 4.35. The fourth-order valence-electron chi connectivity index (χ4n) is 2.52. The summed E-state index contributed by atoms with van der Waals surface area (Å²) >= 11 is 7.78. The minimum atomic E-state index is -0.462. The quantitative estimate of drug-likeness (QED) is 0.781. The first-order valence-corrected chi connectivity index (χ1v) is 8.02. The van der Waals surface area contributed by atoms with Gasteiger partial charge in [-0.2, -0.15) is 0 Å². The van der Waals surface area contributed by atoms with Gasteiger partial charge in [-0.25, -0.2) is 0 Å². The highest BCUT2D eigenvalue weighted by molar-refractivity contribution is 7.99. The molecule has 0 radical (unpaired) electrons. The number of aliphatic hydroxyl groups excluding tert-OH is 1. The molecule has 0 saturated carbocycles. The van der Waals surface area contributed by atoms with E-state index >= 15 is 0 Å². The third-order valence-electron chi connectivity index (χ3n) is 3.72. The molecular weight excluding hydrogens is 288 g/mol. The zero-order valence-corrected chi connectivity index (χ0v) is 13.1. The molecule has 1 nitrogen and oxygen atoms in total. The summed E-state index contributed by atoms with van der Waals surface area (Å²) in [6.07, 6.45) is 0.160. The van der Waals surface area contributed by atoms with Crippen LogP contribution in [0.3, 0.4) is 0 Å². The summed E-state index contributed by atoms with van der Waals surface area (Å²) in [5.41, 5.74) is 3.43. The lowest BCUT2D eigenvalue weighted by molar-refractivity contribution is 0.175. The molecule has 2 aromatic rings. The molecule has 20 heavy (non-hydrogen) atoms. The van der Waals surface area contributed by atoms with Crippen LogP contribution in [0.15, 0.2) is 46.2 Å². The van der Waals surface area contributed by atoms with E-state index < -0.39 is 6.10 Å². The normalized spacial score (nSPS) is 17.6. The molecule has 0 amide bonds. The Kier molecular flexibility index (Phi) is 3.80. The highest BCUT2D eigenvalue weighted by Crippen LogP contribution is 2.42. The van der Waals surface area contributed by atoms with Crippen LogP contribution >= 0.6 is 23.4 Å². The largest absolute Gasteiger partial charge is 0.388 e. The maximum atomic E-state index is 10.5. The Morgan fingerprint density at radius 2 is 1.90 bits per heavy atom. The Morgan fingerprint density at radius 3 is 2.65 bits per heavy atom. The van der Waals surface area contributed by atoms with Gasteiger partial charge < -0.3 is 5.11 Å². The molecule has 0 aliphatic carbocycles. The van der Waals surface area contributed by atoms with Crippen molar-refractivity contribution in [3.05, 3.63) is 58.1 Å². The number of halogens is 1. The molecule has 1 aliphatic heterocycles. The van der Waals surface area contributed by atoms with Gasteiger partial charge in [0.15, 0.2) is 0 Å². The molecule has 1 N–H and O–H groups in total. The van der Waals surface area contributed by atoms with Crippen LogP contribution in [0.5, 0.6) is 0 Å². The van der Waals surface area contributed by atoms with Gasteiger partial charge in [-0.3, -0.25) is 0 Å². The van der Waals surface area contributed by atoms with Crippen molar-refractivity contribution >= 4 is 23.4 Å². The summed E-state index contributed by atoms with van der Waals surface area (Å²) in [7, 11) is 0. The van der Waals surface area contributed by atoms with Crippen LogP contribution in [0.4, 0.5) is 0 Å². The van der Waals surface area contributed by atoms with Crippen molar-refractivity contribution in [2.45, 2.75) is 42.1 Å². The van der Waals surface area contributed by atoms with Crippen molar-refractivity contribution in [1.82, 2.24) is 0 Å². The zero-order chi connectivity index (χ0) is 14.3. The lowest BCUT2D eigenvalue weighted by Crippen LogP contribution is -2.03. The molecule has 1 heterocycles. The summed E-state index contributed by atoms with van der Waals surface area (Å²) in [4.78, 5) is 2.33. The Bertz CT molecular complexity index is 651. The lowest BCUT2D eigenvalue weighted by atomic mass is 9.96. The van der Waals surface area contributed by atoms with Crippen LogP contribution in [-0.2, 0) is 6.42 Å². The standard InChI is InChI=1S/C17H17ClOS/c1-10(2)11-3-5-17-14(8-11)15(19)9-12-7-13(18)4-6-16(12)20-17/h3-8,10,15,19H,9H2,1-2H3/t15-/m0/s1. The monoisotopic (exact) mass is 304 g/mol. The molecule has 0 aromatic heterocycles. The van der Waals surface area contributed by atoms with Crippen LogP contribution < -0.4 is 0 Å². The molecule has 2 aromatic carbocycles. The number of rotatable bonds is 1. The van der Waals surface area contributed by atoms with Gasteiger partial charge in [0, 0.05) is 21.2 Å². The second-order valence-corrected chi connectivity index (χ2v) is 7.05. The highest BCUT2D eigenvalue weighted by atomic mass is 35.5. The van der Waals surface area contributed by atoms with E-state index in [1.54, 1.807) is 11.8 Å². The molecule has 0 spiro atoms. The fraction of sp³-hybridized carbons (Fsp3) is 0.294. The first-order valence-electron chi connectivity index (χ1n) is 6.83. The van der Waals surface area contributed by atoms with Crippen molar-refractivity contribution in [3.8, 4) is 0 Å². The maximum Gasteiger partial charge on any atom is 0.0841 e. The van der Waals surface area contributed by atoms with Crippen LogP contribution in [0.2, 0.25) is 5.02 Å². The third kappa shape index (κ3) is 2.60. The van der Waals surface area contributed by atoms with Gasteiger partial charge in [-0.1, -0.05) is 49.3 Å². The van der Waals surface area contributed by atoms with Crippen LogP contribution in [0.1, 0.15) is 42.6 Å². The number of hydrogen-bond acceptors (Lipinski definition) is 2. The zero-order valence-electron chi connectivity index (χ0n) is 11.6. The van der Waals surface area contributed by atoms with Gasteiger partial charge >= 0.3 is 0 Å². The number of fused-ring (bicyclic) bond motifs is 2. The van der Waals surface area contributed by atoms with E-state index in [-0.39, 0.29) is 0 Å². The SMILES string of the molecule is CC(C)c1ccc2c(c1)[C@@H](O)Cc1cc(Cl)ccc1S2. The van der Waals surface area contributed by atoms with Crippen molar-refractivity contribution in [2.75, 3.05) is 0 Å². The number of hydrogen-bond donors (Lipinski definition) is 1. The first-order chi connectivity index (χ1) is 9.54. The Balaban J connectivity index is 2.08. The maximum absolute atomic E-state index is 10.5. The van der Waals surface area contributed by atoms with Crippen LogP contribution in [-0.4, -0.2) is 5.11 Å². The average Bonchev–Trinajstić information content (AvgIpc) is 2.54.